The third kappa shape index (κ3) is 7.13. The Morgan fingerprint density at radius 1 is 1.21 bits per heavy atom. The molecule has 0 atom stereocenters. The molecule has 0 aliphatic carbocycles. The summed E-state index contributed by atoms with van der Waals surface area (Å²) in [5, 5.41) is 7.00. The summed E-state index contributed by atoms with van der Waals surface area (Å²) in [6.45, 7) is 3.79. The lowest BCUT2D eigenvalue weighted by molar-refractivity contribution is 0.196. The van der Waals surface area contributed by atoms with Crippen molar-refractivity contribution in [3.8, 4) is 0 Å². The number of ether oxygens (including phenoxy) is 1. The number of rotatable bonds is 8. The molecule has 3 nitrogen and oxygen atoms in total. The quantitative estimate of drug-likeness (QED) is 0.565. The molecule has 0 saturated heterocycles. The van der Waals surface area contributed by atoms with Crippen molar-refractivity contribution >= 4 is 23.0 Å². The lowest BCUT2D eigenvalue weighted by atomic mass is 10.1. The maximum Gasteiger partial charge on any atom is 0.170 e. The van der Waals surface area contributed by atoms with Gasteiger partial charge in [0.05, 0.1) is 0 Å². The van der Waals surface area contributed by atoms with E-state index in [1.807, 2.05) is 0 Å². The molecule has 19 heavy (non-hydrogen) atoms. The first-order valence-corrected chi connectivity index (χ1v) is 7.29. The second kappa shape index (κ2) is 9.75. The van der Waals surface area contributed by atoms with Gasteiger partial charge in [-0.1, -0.05) is 25.5 Å². The smallest absolute Gasteiger partial charge is 0.170 e. The second-order valence-electron chi connectivity index (χ2n) is 4.53. The maximum absolute atomic E-state index is 5.23. The molecule has 0 aliphatic rings. The van der Waals surface area contributed by atoms with Gasteiger partial charge < -0.3 is 15.4 Å². The van der Waals surface area contributed by atoms with Crippen LogP contribution in [-0.2, 0) is 11.2 Å². The second-order valence-corrected chi connectivity index (χ2v) is 4.94. The average molecular weight is 280 g/mol. The van der Waals surface area contributed by atoms with Crippen LogP contribution in [0.5, 0.6) is 0 Å². The Labute approximate surface area is 121 Å². The number of anilines is 1. The number of hydrogen-bond acceptors (Lipinski definition) is 2. The number of thiocarbonyl (C=S) groups is 1. The number of hydrogen-bond donors (Lipinski definition) is 2. The fourth-order valence-electron chi connectivity index (χ4n) is 1.73. The van der Waals surface area contributed by atoms with Gasteiger partial charge in [-0.05, 0) is 49.2 Å². The van der Waals surface area contributed by atoms with Crippen LogP contribution in [0.1, 0.15) is 31.7 Å². The van der Waals surface area contributed by atoms with Crippen LogP contribution in [-0.4, -0.2) is 25.4 Å². The highest BCUT2D eigenvalue weighted by Gasteiger charge is 1.98. The van der Waals surface area contributed by atoms with E-state index in [1.54, 1.807) is 7.11 Å². The molecular weight excluding hydrogens is 256 g/mol. The highest BCUT2D eigenvalue weighted by atomic mass is 32.1. The summed E-state index contributed by atoms with van der Waals surface area (Å²) < 4.78 is 4.98. The van der Waals surface area contributed by atoms with Crippen molar-refractivity contribution in [3.05, 3.63) is 29.8 Å². The number of aryl methyl sites for hydroxylation is 1. The molecule has 1 rings (SSSR count). The van der Waals surface area contributed by atoms with Crippen LogP contribution < -0.4 is 10.6 Å². The zero-order valence-corrected chi connectivity index (χ0v) is 12.7. The molecule has 0 radical (unpaired) electrons. The predicted octanol–water partition coefficient (Wildman–Crippen LogP) is 3.35. The Morgan fingerprint density at radius 2 is 1.95 bits per heavy atom. The summed E-state index contributed by atoms with van der Waals surface area (Å²) >= 11 is 5.23. The summed E-state index contributed by atoms with van der Waals surface area (Å²) in [5.41, 5.74) is 2.41. The Hall–Kier alpha value is -1.13. The fraction of sp³-hybridized carbons (Fsp3) is 0.533. The Kier molecular flexibility index (Phi) is 8.18. The predicted molar refractivity (Wildman–Crippen MR) is 85.8 cm³/mol. The monoisotopic (exact) mass is 280 g/mol. The van der Waals surface area contributed by atoms with E-state index < -0.39 is 0 Å². The van der Waals surface area contributed by atoms with Crippen LogP contribution in [0.4, 0.5) is 5.69 Å². The molecule has 0 aromatic heterocycles. The minimum absolute atomic E-state index is 0.664. The van der Waals surface area contributed by atoms with Gasteiger partial charge >= 0.3 is 0 Å². The van der Waals surface area contributed by atoms with Crippen molar-refractivity contribution in [1.82, 2.24) is 5.32 Å². The normalized spacial score (nSPS) is 10.2. The molecular formula is C15H24N2OS. The van der Waals surface area contributed by atoms with Gasteiger partial charge in [0.1, 0.15) is 0 Å². The number of methoxy groups -OCH3 is 1. The van der Waals surface area contributed by atoms with E-state index in [0.717, 1.165) is 31.7 Å². The van der Waals surface area contributed by atoms with Gasteiger partial charge in [0.25, 0.3) is 0 Å². The third-order valence-electron chi connectivity index (χ3n) is 2.84. The minimum Gasteiger partial charge on any atom is -0.385 e. The van der Waals surface area contributed by atoms with Crippen molar-refractivity contribution in [2.45, 2.75) is 32.6 Å². The molecule has 1 aromatic carbocycles. The molecule has 0 bridgehead atoms. The summed E-state index contributed by atoms with van der Waals surface area (Å²) in [4.78, 5) is 0. The van der Waals surface area contributed by atoms with Crippen molar-refractivity contribution in [2.75, 3.05) is 25.6 Å². The van der Waals surface area contributed by atoms with Crippen molar-refractivity contribution in [1.29, 1.82) is 0 Å². The van der Waals surface area contributed by atoms with Crippen LogP contribution >= 0.6 is 12.2 Å². The Morgan fingerprint density at radius 3 is 2.58 bits per heavy atom. The summed E-state index contributed by atoms with van der Waals surface area (Å²) in [6, 6.07) is 8.47. The van der Waals surface area contributed by atoms with E-state index >= 15 is 0 Å². The highest BCUT2D eigenvalue weighted by Crippen LogP contribution is 2.11. The van der Waals surface area contributed by atoms with Crippen LogP contribution in [0.2, 0.25) is 0 Å². The largest absolute Gasteiger partial charge is 0.385 e. The Balaban J connectivity index is 2.29. The van der Waals surface area contributed by atoms with Gasteiger partial charge in [0.15, 0.2) is 5.11 Å². The van der Waals surface area contributed by atoms with Gasteiger partial charge in [-0.25, -0.2) is 0 Å². The molecule has 2 N–H and O–H groups in total. The highest BCUT2D eigenvalue weighted by molar-refractivity contribution is 7.80. The topological polar surface area (TPSA) is 33.3 Å². The van der Waals surface area contributed by atoms with Gasteiger partial charge in [-0.3, -0.25) is 0 Å². The average Bonchev–Trinajstić information content (AvgIpc) is 2.43. The summed E-state index contributed by atoms with van der Waals surface area (Å²) in [6.07, 6.45) is 4.58. The molecule has 0 fully saturated rings. The van der Waals surface area contributed by atoms with Crippen LogP contribution in [0.25, 0.3) is 0 Å². The first-order chi connectivity index (χ1) is 9.26. The third-order valence-corrected chi connectivity index (χ3v) is 3.09. The molecule has 106 valence electrons. The lowest BCUT2D eigenvalue weighted by Gasteiger charge is -2.10. The summed E-state index contributed by atoms with van der Waals surface area (Å²) in [7, 11) is 1.71. The zero-order chi connectivity index (χ0) is 13.9. The van der Waals surface area contributed by atoms with E-state index in [4.69, 9.17) is 17.0 Å². The maximum atomic E-state index is 5.23. The SMILES string of the molecule is CCCCc1ccc(NC(=S)NCCCOC)cc1. The van der Waals surface area contributed by atoms with E-state index in [9.17, 15) is 0 Å². The van der Waals surface area contributed by atoms with Crippen LogP contribution in [0.3, 0.4) is 0 Å². The first kappa shape index (κ1) is 15.9. The molecule has 0 amide bonds. The standard InChI is InChI=1S/C15H24N2OS/c1-3-4-6-13-7-9-14(10-8-13)17-15(19)16-11-5-12-18-2/h7-10H,3-6,11-12H2,1-2H3,(H2,16,17,19). The molecule has 0 unspecified atom stereocenters. The number of benzene rings is 1. The van der Waals surface area contributed by atoms with Crippen molar-refractivity contribution in [3.63, 3.8) is 0 Å². The zero-order valence-electron chi connectivity index (χ0n) is 11.9. The van der Waals surface area contributed by atoms with E-state index in [-0.39, 0.29) is 0 Å². The van der Waals surface area contributed by atoms with E-state index in [1.165, 1.54) is 18.4 Å². The Bertz CT molecular complexity index is 365. The van der Waals surface area contributed by atoms with Crippen LogP contribution in [0, 0.1) is 0 Å². The van der Waals surface area contributed by atoms with Crippen molar-refractivity contribution in [2.24, 2.45) is 0 Å². The molecule has 0 saturated carbocycles. The minimum atomic E-state index is 0.664. The number of nitrogens with one attached hydrogen (secondary N) is 2. The molecule has 0 aliphatic heterocycles. The fourth-order valence-corrected chi connectivity index (χ4v) is 1.95. The lowest BCUT2D eigenvalue weighted by Crippen LogP contribution is -2.29. The van der Waals surface area contributed by atoms with Gasteiger partial charge in [-0.15, -0.1) is 0 Å². The first-order valence-electron chi connectivity index (χ1n) is 6.89. The molecule has 1 aromatic rings. The van der Waals surface area contributed by atoms with Gasteiger partial charge in [0.2, 0.25) is 0 Å². The molecule has 0 heterocycles. The van der Waals surface area contributed by atoms with Crippen molar-refractivity contribution < 1.29 is 4.74 Å². The summed E-state index contributed by atoms with van der Waals surface area (Å²) in [5.74, 6) is 0. The molecule has 0 spiro atoms. The van der Waals surface area contributed by atoms with E-state index in [0.29, 0.717) is 5.11 Å². The van der Waals surface area contributed by atoms with Crippen LogP contribution in [0.15, 0.2) is 24.3 Å². The van der Waals surface area contributed by atoms with Gasteiger partial charge in [0, 0.05) is 25.9 Å². The molecule has 4 heteroatoms. The van der Waals surface area contributed by atoms with Gasteiger partial charge in [-0.2, -0.15) is 0 Å². The van der Waals surface area contributed by atoms with E-state index in [2.05, 4.69) is 41.8 Å². The number of unbranched alkanes of at least 4 members (excludes halogenated alkanes) is 1.